The van der Waals surface area contributed by atoms with Gasteiger partial charge in [-0.1, -0.05) is 36.4 Å². The van der Waals surface area contributed by atoms with Gasteiger partial charge in [-0.05, 0) is 53.9 Å². The highest BCUT2D eigenvalue weighted by Gasteiger charge is 2.40. The van der Waals surface area contributed by atoms with Crippen molar-refractivity contribution in [2.24, 2.45) is 5.92 Å². The van der Waals surface area contributed by atoms with Crippen molar-refractivity contribution in [2.75, 3.05) is 27.0 Å². The normalized spacial score (nSPS) is 18.4. The third-order valence-electron chi connectivity index (χ3n) is 6.74. The van der Waals surface area contributed by atoms with E-state index in [1.54, 1.807) is 12.0 Å². The molecule has 35 heavy (non-hydrogen) atoms. The second-order valence-electron chi connectivity index (χ2n) is 8.92. The van der Waals surface area contributed by atoms with Gasteiger partial charge in [0.15, 0.2) is 11.5 Å². The maximum Gasteiger partial charge on any atom is 0.254 e. The molecule has 3 aromatic rings. The quantitative estimate of drug-likeness (QED) is 0.589. The molecular weight excluding hydrogens is 444 g/mol. The summed E-state index contributed by atoms with van der Waals surface area (Å²) in [7, 11) is 1.62. The summed E-state index contributed by atoms with van der Waals surface area (Å²) in [6, 6.07) is 20.9. The van der Waals surface area contributed by atoms with Crippen LogP contribution in [0.3, 0.4) is 0 Å². The van der Waals surface area contributed by atoms with Gasteiger partial charge in [-0.25, -0.2) is 0 Å². The van der Waals surface area contributed by atoms with Gasteiger partial charge < -0.3 is 24.4 Å². The van der Waals surface area contributed by atoms with Crippen molar-refractivity contribution in [1.82, 2.24) is 10.2 Å². The first-order chi connectivity index (χ1) is 17.0. The molecule has 2 aliphatic heterocycles. The van der Waals surface area contributed by atoms with Crippen LogP contribution in [0.1, 0.15) is 33.0 Å². The number of carbonyl (C=O) groups is 2. The Morgan fingerprint density at radius 2 is 1.83 bits per heavy atom. The summed E-state index contributed by atoms with van der Waals surface area (Å²) in [5.74, 6) is 1.45. The van der Waals surface area contributed by atoms with E-state index in [-0.39, 0.29) is 30.4 Å². The SMILES string of the molecule is COc1cccc(C2CN(C(=O)c3ccccc3C)CC2C(=O)NCc2ccc3c(c2)OCO3)c1. The Hall–Kier alpha value is -4.00. The van der Waals surface area contributed by atoms with Gasteiger partial charge in [0, 0.05) is 31.1 Å². The second kappa shape index (κ2) is 9.70. The van der Waals surface area contributed by atoms with Crippen molar-refractivity contribution in [3.8, 4) is 17.2 Å². The molecule has 5 rings (SSSR count). The zero-order chi connectivity index (χ0) is 24.4. The molecule has 0 bridgehead atoms. The minimum Gasteiger partial charge on any atom is -0.497 e. The Balaban J connectivity index is 1.36. The number of likely N-dealkylation sites (tertiary alicyclic amines) is 1. The fraction of sp³-hybridized carbons (Fsp3) is 0.286. The van der Waals surface area contributed by atoms with Gasteiger partial charge in [-0.15, -0.1) is 0 Å². The number of hydrogen-bond donors (Lipinski definition) is 1. The summed E-state index contributed by atoms with van der Waals surface area (Å²) in [5.41, 5.74) is 3.49. The number of benzene rings is 3. The van der Waals surface area contributed by atoms with E-state index in [4.69, 9.17) is 14.2 Å². The number of amides is 2. The lowest BCUT2D eigenvalue weighted by Crippen LogP contribution is -2.35. The van der Waals surface area contributed by atoms with E-state index in [2.05, 4.69) is 5.32 Å². The van der Waals surface area contributed by atoms with Gasteiger partial charge in [0.2, 0.25) is 12.7 Å². The van der Waals surface area contributed by atoms with Crippen LogP contribution in [0.25, 0.3) is 0 Å². The van der Waals surface area contributed by atoms with Crippen molar-refractivity contribution in [1.29, 1.82) is 0 Å². The van der Waals surface area contributed by atoms with Crippen LogP contribution < -0.4 is 19.5 Å². The highest BCUT2D eigenvalue weighted by molar-refractivity contribution is 5.96. The monoisotopic (exact) mass is 472 g/mol. The number of hydrogen-bond acceptors (Lipinski definition) is 5. The third kappa shape index (κ3) is 4.67. The van der Waals surface area contributed by atoms with Crippen molar-refractivity contribution in [2.45, 2.75) is 19.4 Å². The highest BCUT2D eigenvalue weighted by Crippen LogP contribution is 2.36. The second-order valence-corrected chi connectivity index (χ2v) is 8.92. The fourth-order valence-corrected chi connectivity index (χ4v) is 4.80. The van der Waals surface area contributed by atoms with Gasteiger partial charge in [0.25, 0.3) is 5.91 Å². The van der Waals surface area contributed by atoms with Crippen molar-refractivity contribution >= 4 is 11.8 Å². The summed E-state index contributed by atoms with van der Waals surface area (Å²) in [6.07, 6.45) is 0. The lowest BCUT2D eigenvalue weighted by atomic mass is 9.88. The molecule has 1 N–H and O–H groups in total. The number of ether oxygens (including phenoxy) is 3. The Labute approximate surface area is 204 Å². The summed E-state index contributed by atoms with van der Waals surface area (Å²) in [6.45, 7) is 3.31. The molecular formula is C28H28N2O5. The van der Waals surface area contributed by atoms with Gasteiger partial charge in [0.05, 0.1) is 13.0 Å². The third-order valence-corrected chi connectivity index (χ3v) is 6.74. The van der Waals surface area contributed by atoms with E-state index in [1.807, 2.05) is 73.7 Å². The number of nitrogens with zero attached hydrogens (tertiary/aromatic N) is 1. The maximum absolute atomic E-state index is 13.4. The van der Waals surface area contributed by atoms with E-state index in [9.17, 15) is 9.59 Å². The smallest absolute Gasteiger partial charge is 0.254 e. The lowest BCUT2D eigenvalue weighted by Gasteiger charge is -2.19. The first-order valence-electron chi connectivity index (χ1n) is 11.7. The van der Waals surface area contributed by atoms with Crippen LogP contribution in [0.15, 0.2) is 66.7 Å². The molecule has 2 unspecified atom stereocenters. The van der Waals surface area contributed by atoms with E-state index in [1.165, 1.54) is 0 Å². The molecule has 0 spiro atoms. The highest BCUT2D eigenvalue weighted by atomic mass is 16.7. The summed E-state index contributed by atoms with van der Waals surface area (Å²) in [4.78, 5) is 28.6. The largest absolute Gasteiger partial charge is 0.497 e. The maximum atomic E-state index is 13.4. The molecule has 1 fully saturated rings. The number of rotatable bonds is 6. The Bertz CT molecular complexity index is 1260. The molecule has 1 saturated heterocycles. The summed E-state index contributed by atoms with van der Waals surface area (Å²) >= 11 is 0. The summed E-state index contributed by atoms with van der Waals surface area (Å²) < 4.78 is 16.2. The molecule has 0 aliphatic carbocycles. The summed E-state index contributed by atoms with van der Waals surface area (Å²) in [5, 5.41) is 3.07. The van der Waals surface area contributed by atoms with Crippen LogP contribution >= 0.6 is 0 Å². The van der Waals surface area contributed by atoms with Crippen LogP contribution in [0.2, 0.25) is 0 Å². The van der Waals surface area contributed by atoms with Crippen LogP contribution in [-0.2, 0) is 11.3 Å². The Morgan fingerprint density at radius 1 is 1.00 bits per heavy atom. The molecule has 0 aromatic heterocycles. The minimum absolute atomic E-state index is 0.0536. The van der Waals surface area contributed by atoms with Gasteiger partial charge in [0.1, 0.15) is 5.75 Å². The molecule has 2 amide bonds. The molecule has 180 valence electrons. The Morgan fingerprint density at radius 3 is 2.66 bits per heavy atom. The molecule has 2 heterocycles. The first kappa shape index (κ1) is 22.8. The van der Waals surface area contributed by atoms with E-state index >= 15 is 0 Å². The molecule has 2 atom stereocenters. The molecule has 2 aliphatic rings. The van der Waals surface area contributed by atoms with E-state index in [0.717, 1.165) is 22.4 Å². The van der Waals surface area contributed by atoms with Crippen LogP contribution in [0.4, 0.5) is 0 Å². The fourth-order valence-electron chi connectivity index (χ4n) is 4.80. The number of carbonyl (C=O) groups excluding carboxylic acids is 2. The predicted molar refractivity (Wildman–Crippen MR) is 131 cm³/mol. The Kier molecular flexibility index (Phi) is 6.31. The average molecular weight is 473 g/mol. The zero-order valence-electron chi connectivity index (χ0n) is 19.8. The minimum atomic E-state index is -0.385. The van der Waals surface area contributed by atoms with E-state index in [0.29, 0.717) is 36.7 Å². The molecule has 0 saturated carbocycles. The van der Waals surface area contributed by atoms with Crippen LogP contribution in [0.5, 0.6) is 17.2 Å². The zero-order valence-corrected chi connectivity index (χ0v) is 19.8. The lowest BCUT2D eigenvalue weighted by molar-refractivity contribution is -0.125. The van der Waals surface area contributed by atoms with Crippen molar-refractivity contribution < 1.29 is 23.8 Å². The topological polar surface area (TPSA) is 77.1 Å². The molecule has 7 nitrogen and oxygen atoms in total. The molecule has 0 radical (unpaired) electrons. The van der Waals surface area contributed by atoms with Crippen molar-refractivity contribution in [3.63, 3.8) is 0 Å². The number of methoxy groups -OCH3 is 1. The number of aryl methyl sites for hydroxylation is 1. The van der Waals surface area contributed by atoms with E-state index < -0.39 is 0 Å². The van der Waals surface area contributed by atoms with Gasteiger partial charge >= 0.3 is 0 Å². The number of fused-ring (bicyclic) bond motifs is 1. The molecule has 7 heteroatoms. The van der Waals surface area contributed by atoms with Gasteiger partial charge in [-0.3, -0.25) is 9.59 Å². The van der Waals surface area contributed by atoms with Crippen LogP contribution in [0, 0.1) is 12.8 Å². The van der Waals surface area contributed by atoms with Crippen LogP contribution in [-0.4, -0.2) is 43.7 Å². The standard InChI is InChI=1S/C28H28N2O5/c1-18-6-3-4-9-22(18)28(32)30-15-23(20-7-5-8-21(13-20)33-2)24(16-30)27(31)29-14-19-10-11-25-26(12-19)35-17-34-25/h3-13,23-24H,14-17H2,1-2H3,(H,29,31). The average Bonchev–Trinajstić information content (AvgIpc) is 3.54. The van der Waals surface area contributed by atoms with Crippen molar-refractivity contribution in [3.05, 3.63) is 89.0 Å². The first-order valence-corrected chi connectivity index (χ1v) is 11.7. The molecule has 3 aromatic carbocycles. The predicted octanol–water partition coefficient (Wildman–Crippen LogP) is 3.90. The van der Waals surface area contributed by atoms with Gasteiger partial charge in [-0.2, -0.15) is 0 Å². The number of nitrogens with one attached hydrogen (secondary N) is 1.